The summed E-state index contributed by atoms with van der Waals surface area (Å²) < 4.78 is 140. The summed E-state index contributed by atoms with van der Waals surface area (Å²) in [6, 6.07) is 7.62. The molecule has 0 aliphatic carbocycles. The molecule has 5 N–H and O–H groups in total. The number of carboxylic acid groups (broad SMARTS) is 1. The van der Waals surface area contributed by atoms with Crippen LogP contribution in [0, 0.1) is 0 Å². The molecule has 318 valence electrons. The van der Waals surface area contributed by atoms with Gasteiger partial charge in [-0.25, -0.2) is 0 Å². The molecule has 2 aliphatic heterocycles. The van der Waals surface area contributed by atoms with Gasteiger partial charge < -0.3 is 19.6 Å². The molecule has 2 aromatic carbocycles. The number of anilines is 2. The Kier molecular flexibility index (Phi) is 14.5. The first-order valence-corrected chi connectivity index (χ1v) is 24.2. The third kappa shape index (κ3) is 11.4. The SMILES string of the molecule is COCCN1/C(=C/C=C/C2N(CCCCCC(=O)O)c3ccc(S(=O)(=O)O)cc3C2(C)CCCS(=O)(=O)O)C(C)(CCCS(=O)(=O)O)c2cc(S(=O)(=O)O)ccc21. The summed E-state index contributed by atoms with van der Waals surface area (Å²) in [5.74, 6) is -2.09. The minimum atomic E-state index is -4.66. The molecular weight excluding hydrogens is 829 g/mol. The molecule has 2 aliphatic rings. The Hall–Kier alpha value is -3.41. The van der Waals surface area contributed by atoms with E-state index in [2.05, 4.69) is 0 Å². The highest BCUT2D eigenvalue weighted by atomic mass is 32.2. The number of hydrogen-bond donors (Lipinski definition) is 5. The van der Waals surface area contributed by atoms with E-state index in [1.807, 2.05) is 22.8 Å². The molecule has 0 spiro atoms. The van der Waals surface area contributed by atoms with Crippen molar-refractivity contribution in [1.82, 2.24) is 0 Å². The highest BCUT2D eigenvalue weighted by Gasteiger charge is 2.47. The van der Waals surface area contributed by atoms with Crippen molar-refractivity contribution in [1.29, 1.82) is 0 Å². The zero-order valence-corrected chi connectivity index (χ0v) is 35.1. The van der Waals surface area contributed by atoms with Gasteiger partial charge in [-0.1, -0.05) is 25.5 Å². The number of benzene rings is 2. The number of unbranched alkanes of at least 4 members (excludes halogenated alkanes) is 2. The third-order valence-corrected chi connectivity index (χ3v) is 14.0. The van der Waals surface area contributed by atoms with Crippen LogP contribution in [0.2, 0.25) is 0 Å². The van der Waals surface area contributed by atoms with Crippen LogP contribution in [0.15, 0.2) is 70.1 Å². The first kappa shape index (κ1) is 46.3. The van der Waals surface area contributed by atoms with Crippen LogP contribution < -0.4 is 9.80 Å². The van der Waals surface area contributed by atoms with Crippen LogP contribution >= 0.6 is 0 Å². The van der Waals surface area contributed by atoms with Gasteiger partial charge in [-0.2, -0.15) is 33.7 Å². The fourth-order valence-corrected chi connectivity index (χ4v) is 10.0. The van der Waals surface area contributed by atoms with Crippen LogP contribution in [0.5, 0.6) is 0 Å². The minimum absolute atomic E-state index is 0.0230. The molecule has 4 rings (SSSR count). The number of allylic oxidation sites excluding steroid dienone is 3. The number of ether oxygens (including phenoxy) is 1. The lowest BCUT2D eigenvalue weighted by molar-refractivity contribution is -0.137. The largest absolute Gasteiger partial charge is 0.481 e. The Morgan fingerprint density at radius 2 is 1.32 bits per heavy atom. The van der Waals surface area contributed by atoms with Gasteiger partial charge in [0, 0.05) is 54.5 Å². The van der Waals surface area contributed by atoms with E-state index in [4.69, 9.17) is 9.84 Å². The first-order valence-electron chi connectivity index (χ1n) is 18.1. The van der Waals surface area contributed by atoms with Crippen molar-refractivity contribution >= 4 is 57.8 Å². The number of carboxylic acids is 1. The van der Waals surface area contributed by atoms with Gasteiger partial charge >= 0.3 is 5.97 Å². The third-order valence-electron chi connectivity index (χ3n) is 10.7. The average molecular weight is 879 g/mol. The predicted molar refractivity (Wildman–Crippen MR) is 212 cm³/mol. The monoisotopic (exact) mass is 878 g/mol. The normalized spacial score (nSPS) is 22.1. The molecule has 2 heterocycles. The molecule has 0 aromatic heterocycles. The maximum absolute atomic E-state index is 12.3. The van der Waals surface area contributed by atoms with E-state index in [1.54, 1.807) is 25.1 Å². The Balaban J connectivity index is 1.89. The van der Waals surface area contributed by atoms with Gasteiger partial charge in [0.1, 0.15) is 0 Å². The van der Waals surface area contributed by atoms with Crippen LogP contribution in [0.1, 0.15) is 76.3 Å². The van der Waals surface area contributed by atoms with Crippen molar-refractivity contribution in [2.24, 2.45) is 0 Å². The molecule has 57 heavy (non-hydrogen) atoms. The lowest BCUT2D eigenvalue weighted by atomic mass is 9.74. The van der Waals surface area contributed by atoms with Gasteiger partial charge in [0.2, 0.25) is 0 Å². The molecule has 0 fully saturated rings. The maximum atomic E-state index is 12.3. The molecule has 21 heteroatoms. The van der Waals surface area contributed by atoms with Crippen LogP contribution in [-0.2, 0) is 60.8 Å². The van der Waals surface area contributed by atoms with E-state index in [1.165, 1.54) is 37.4 Å². The van der Waals surface area contributed by atoms with Gasteiger partial charge in [-0.05, 0) is 99.0 Å². The van der Waals surface area contributed by atoms with E-state index < -0.39 is 74.8 Å². The summed E-state index contributed by atoms with van der Waals surface area (Å²) in [5.41, 5.74) is 0.610. The molecule has 0 saturated carbocycles. The van der Waals surface area contributed by atoms with E-state index in [0.717, 1.165) is 0 Å². The molecule has 0 saturated heterocycles. The summed E-state index contributed by atoms with van der Waals surface area (Å²) in [5, 5.41) is 9.14. The fourth-order valence-electron chi connectivity index (χ4n) is 7.99. The first-order chi connectivity index (χ1) is 26.3. The van der Waals surface area contributed by atoms with E-state index in [-0.39, 0.29) is 55.0 Å². The van der Waals surface area contributed by atoms with Crippen molar-refractivity contribution < 1.29 is 66.5 Å². The second-order valence-corrected chi connectivity index (χ2v) is 20.7. The van der Waals surface area contributed by atoms with Gasteiger partial charge in [0.05, 0.1) is 33.9 Å². The Labute approximate surface area is 334 Å². The summed E-state index contributed by atoms with van der Waals surface area (Å²) in [4.78, 5) is 14.3. The number of nitrogens with zero attached hydrogens (tertiary/aromatic N) is 2. The van der Waals surface area contributed by atoms with Gasteiger partial charge in [0.15, 0.2) is 0 Å². The van der Waals surface area contributed by atoms with Crippen molar-refractivity contribution in [3.63, 3.8) is 0 Å². The molecule has 0 bridgehead atoms. The van der Waals surface area contributed by atoms with Gasteiger partial charge in [-0.15, -0.1) is 0 Å². The fraction of sp³-hybridized carbons (Fsp3) is 0.528. The standard InChI is InChI=1S/C36H50N2O15S4/c1-35(17-8-22-54(41,42)43)28-24-26(56(47,48)49)13-15-30(28)37(19-6-4-5-12-34(39)40)32(35)10-7-11-33-36(2,18-9-23-55(44,45)46)29-25-27(57(50,51)52)14-16-31(29)38(33)20-21-53-3/h7,10-11,13-16,24-25,32H,4-6,8-9,12,17-23H2,1-3H3,(H,39,40)(H,41,42,43)(H,44,45,46)(H,47,48,49)(H,50,51,52)/b10-7+,33-11+. The number of carbonyl (C=O) groups is 1. The van der Waals surface area contributed by atoms with Crippen LogP contribution in [-0.4, -0.2) is 107 Å². The summed E-state index contributed by atoms with van der Waals surface area (Å²) in [7, 11) is -16.5. The number of rotatable bonds is 21. The van der Waals surface area contributed by atoms with Gasteiger partial charge in [0.25, 0.3) is 40.5 Å². The predicted octanol–water partition coefficient (Wildman–Crippen LogP) is 4.47. The summed E-state index contributed by atoms with van der Waals surface area (Å²) in [6.45, 7) is 4.45. The van der Waals surface area contributed by atoms with E-state index in [9.17, 15) is 56.7 Å². The molecular formula is C36H50N2O15S4. The Morgan fingerprint density at radius 1 is 0.754 bits per heavy atom. The molecule has 3 unspecified atom stereocenters. The van der Waals surface area contributed by atoms with Gasteiger partial charge in [-0.3, -0.25) is 23.0 Å². The summed E-state index contributed by atoms with van der Waals surface area (Å²) >= 11 is 0. The molecule has 0 radical (unpaired) electrons. The molecule has 3 atom stereocenters. The average Bonchev–Trinajstić information content (AvgIpc) is 3.45. The Bertz CT molecular complexity index is 2330. The smallest absolute Gasteiger partial charge is 0.303 e. The van der Waals surface area contributed by atoms with Crippen LogP contribution in [0.25, 0.3) is 0 Å². The highest BCUT2D eigenvalue weighted by molar-refractivity contribution is 7.86. The van der Waals surface area contributed by atoms with Crippen LogP contribution in [0.3, 0.4) is 0 Å². The van der Waals surface area contributed by atoms with E-state index in [0.29, 0.717) is 54.0 Å². The topological polar surface area (TPSA) is 270 Å². The van der Waals surface area contributed by atoms with Crippen molar-refractivity contribution in [2.45, 2.75) is 91.9 Å². The molecule has 2 aromatic rings. The summed E-state index contributed by atoms with van der Waals surface area (Å²) in [6.07, 6.45) is 6.95. The van der Waals surface area contributed by atoms with Crippen LogP contribution in [0.4, 0.5) is 11.4 Å². The minimum Gasteiger partial charge on any atom is -0.481 e. The maximum Gasteiger partial charge on any atom is 0.303 e. The zero-order chi connectivity index (χ0) is 42.6. The molecule has 0 amide bonds. The highest BCUT2D eigenvalue weighted by Crippen LogP contribution is 2.52. The van der Waals surface area contributed by atoms with E-state index >= 15 is 0 Å². The van der Waals surface area contributed by atoms with Crippen molar-refractivity contribution in [3.05, 3.63) is 71.5 Å². The lowest BCUT2D eigenvalue weighted by Gasteiger charge is -2.35. The zero-order valence-electron chi connectivity index (χ0n) is 31.8. The quantitative estimate of drug-likeness (QED) is 0.0855. The number of hydrogen-bond acceptors (Lipinski definition) is 12. The van der Waals surface area contributed by atoms with Crippen molar-refractivity contribution in [2.75, 3.05) is 48.1 Å². The number of aliphatic carboxylic acids is 1. The molecule has 17 nitrogen and oxygen atoms in total. The Morgan fingerprint density at radius 3 is 1.86 bits per heavy atom. The second-order valence-electron chi connectivity index (χ2n) is 14.8. The lowest BCUT2D eigenvalue weighted by Crippen LogP contribution is -2.42. The number of fused-ring (bicyclic) bond motifs is 2. The second kappa shape index (κ2) is 17.8. The number of methoxy groups -OCH3 is 1. The van der Waals surface area contributed by atoms with Crippen molar-refractivity contribution in [3.8, 4) is 0 Å².